The molecular weight excluding hydrogens is 234 g/mol. The third-order valence-electron chi connectivity index (χ3n) is 3.57. The fourth-order valence-electron chi connectivity index (χ4n) is 2.61. The number of fused-ring (bicyclic) bond motifs is 1. The fraction of sp³-hybridized carbons (Fsp3) is 0.188. The van der Waals surface area contributed by atoms with Crippen LogP contribution in [0.5, 0.6) is 0 Å². The van der Waals surface area contributed by atoms with Gasteiger partial charge in [0.1, 0.15) is 0 Å². The van der Waals surface area contributed by atoms with Crippen LogP contribution in [0.15, 0.2) is 55.0 Å². The van der Waals surface area contributed by atoms with E-state index in [1.807, 2.05) is 26.6 Å². The molecule has 0 saturated carbocycles. The molecule has 0 bridgehead atoms. The molecule has 1 unspecified atom stereocenters. The number of rotatable bonds is 3. The van der Waals surface area contributed by atoms with Gasteiger partial charge in [-0.15, -0.1) is 0 Å². The Morgan fingerprint density at radius 3 is 2.63 bits per heavy atom. The van der Waals surface area contributed by atoms with Crippen LogP contribution in [-0.4, -0.2) is 16.6 Å². The smallest absolute Gasteiger partial charge is 0.0946 e. The first-order valence-electron chi connectivity index (χ1n) is 6.42. The van der Waals surface area contributed by atoms with Crippen LogP contribution in [0.25, 0.3) is 10.8 Å². The number of imidazole rings is 1. The number of benzene rings is 2. The highest BCUT2D eigenvalue weighted by atomic mass is 15.1. The van der Waals surface area contributed by atoms with E-state index in [0.717, 1.165) is 0 Å². The van der Waals surface area contributed by atoms with Gasteiger partial charge in [-0.25, -0.2) is 4.98 Å². The van der Waals surface area contributed by atoms with Gasteiger partial charge in [-0.3, -0.25) is 0 Å². The zero-order valence-corrected chi connectivity index (χ0v) is 11.2. The van der Waals surface area contributed by atoms with Gasteiger partial charge in [-0.2, -0.15) is 0 Å². The quantitative estimate of drug-likeness (QED) is 0.775. The van der Waals surface area contributed by atoms with Crippen LogP contribution >= 0.6 is 0 Å². The van der Waals surface area contributed by atoms with Gasteiger partial charge < -0.3 is 9.88 Å². The lowest BCUT2D eigenvalue weighted by Crippen LogP contribution is -2.20. The van der Waals surface area contributed by atoms with Crippen molar-refractivity contribution in [3.63, 3.8) is 0 Å². The van der Waals surface area contributed by atoms with E-state index in [1.165, 1.54) is 22.0 Å². The van der Waals surface area contributed by atoms with Crippen molar-refractivity contribution in [3.8, 4) is 0 Å². The van der Waals surface area contributed by atoms with Crippen LogP contribution in [0.3, 0.4) is 0 Å². The minimum atomic E-state index is 0.151. The lowest BCUT2D eigenvalue weighted by Gasteiger charge is -2.19. The normalized spacial score (nSPS) is 12.7. The van der Waals surface area contributed by atoms with Crippen LogP contribution in [-0.2, 0) is 7.05 Å². The number of aromatic nitrogens is 2. The Bertz CT molecular complexity index is 695. The van der Waals surface area contributed by atoms with E-state index in [2.05, 4.69) is 57.3 Å². The maximum atomic E-state index is 4.22. The van der Waals surface area contributed by atoms with Crippen molar-refractivity contribution < 1.29 is 0 Å². The molecule has 3 rings (SSSR count). The van der Waals surface area contributed by atoms with Gasteiger partial charge in [0.25, 0.3) is 0 Å². The Hall–Kier alpha value is -2.13. The lowest BCUT2D eigenvalue weighted by atomic mass is 9.97. The maximum Gasteiger partial charge on any atom is 0.0946 e. The highest BCUT2D eigenvalue weighted by Gasteiger charge is 2.17. The Kier molecular flexibility index (Phi) is 3.05. The molecule has 2 aromatic carbocycles. The molecule has 96 valence electrons. The molecule has 0 aliphatic rings. The SMILES string of the molecule is CNC(c1cccc2ccccc12)c1cncn1C. The fourth-order valence-corrected chi connectivity index (χ4v) is 2.61. The van der Waals surface area contributed by atoms with Crippen molar-refractivity contribution in [2.45, 2.75) is 6.04 Å². The van der Waals surface area contributed by atoms with Crippen LogP contribution in [0.2, 0.25) is 0 Å². The highest BCUT2D eigenvalue weighted by molar-refractivity contribution is 5.86. The molecule has 0 spiro atoms. The first-order valence-corrected chi connectivity index (χ1v) is 6.42. The molecule has 0 aliphatic heterocycles. The third-order valence-corrected chi connectivity index (χ3v) is 3.57. The zero-order chi connectivity index (χ0) is 13.2. The van der Waals surface area contributed by atoms with E-state index >= 15 is 0 Å². The van der Waals surface area contributed by atoms with Gasteiger partial charge in [0, 0.05) is 7.05 Å². The molecule has 0 saturated heterocycles. The largest absolute Gasteiger partial charge is 0.336 e. The molecule has 0 radical (unpaired) electrons. The summed E-state index contributed by atoms with van der Waals surface area (Å²) in [5.74, 6) is 0. The van der Waals surface area contributed by atoms with Crippen molar-refractivity contribution in [1.82, 2.24) is 14.9 Å². The summed E-state index contributed by atoms with van der Waals surface area (Å²) >= 11 is 0. The lowest BCUT2D eigenvalue weighted by molar-refractivity contribution is 0.642. The summed E-state index contributed by atoms with van der Waals surface area (Å²) in [5.41, 5.74) is 2.45. The first-order chi connectivity index (χ1) is 9.31. The van der Waals surface area contributed by atoms with Crippen molar-refractivity contribution in [2.24, 2.45) is 7.05 Å². The molecule has 0 fully saturated rings. The highest BCUT2D eigenvalue weighted by Crippen LogP contribution is 2.28. The molecule has 0 aliphatic carbocycles. The number of nitrogens with one attached hydrogen (secondary N) is 1. The standard InChI is InChI=1S/C16H17N3/c1-17-16(15-10-18-11-19(15)2)14-9-5-7-12-6-3-4-8-13(12)14/h3-11,16-17H,1-2H3. The predicted octanol–water partition coefficient (Wildman–Crippen LogP) is 2.88. The summed E-state index contributed by atoms with van der Waals surface area (Å²) in [6.45, 7) is 0. The predicted molar refractivity (Wildman–Crippen MR) is 78.1 cm³/mol. The van der Waals surface area contributed by atoms with E-state index in [4.69, 9.17) is 0 Å². The number of nitrogens with zero attached hydrogens (tertiary/aromatic N) is 2. The summed E-state index contributed by atoms with van der Waals surface area (Å²) < 4.78 is 2.06. The summed E-state index contributed by atoms with van der Waals surface area (Å²) in [6.07, 6.45) is 3.76. The topological polar surface area (TPSA) is 29.9 Å². The van der Waals surface area contributed by atoms with Crippen molar-refractivity contribution in [2.75, 3.05) is 7.05 Å². The zero-order valence-electron chi connectivity index (χ0n) is 11.2. The average molecular weight is 251 g/mol. The summed E-state index contributed by atoms with van der Waals surface area (Å²) in [4.78, 5) is 4.22. The second-order valence-electron chi connectivity index (χ2n) is 4.72. The Balaban J connectivity index is 2.20. The van der Waals surface area contributed by atoms with Crippen LogP contribution < -0.4 is 5.32 Å². The van der Waals surface area contributed by atoms with E-state index in [9.17, 15) is 0 Å². The maximum absolute atomic E-state index is 4.22. The van der Waals surface area contributed by atoms with Gasteiger partial charge in [-0.05, 0) is 23.4 Å². The first kappa shape index (κ1) is 11.9. The second kappa shape index (κ2) is 4.86. The minimum Gasteiger partial charge on any atom is -0.336 e. The molecule has 3 nitrogen and oxygen atoms in total. The van der Waals surface area contributed by atoms with Gasteiger partial charge in [-0.1, -0.05) is 42.5 Å². The Morgan fingerprint density at radius 1 is 1.11 bits per heavy atom. The van der Waals surface area contributed by atoms with Gasteiger partial charge >= 0.3 is 0 Å². The Morgan fingerprint density at radius 2 is 1.89 bits per heavy atom. The molecule has 19 heavy (non-hydrogen) atoms. The van der Waals surface area contributed by atoms with Crippen molar-refractivity contribution in [3.05, 3.63) is 66.2 Å². The van der Waals surface area contributed by atoms with Crippen LogP contribution in [0, 0.1) is 0 Å². The van der Waals surface area contributed by atoms with Gasteiger partial charge in [0.2, 0.25) is 0 Å². The van der Waals surface area contributed by atoms with Crippen molar-refractivity contribution >= 4 is 10.8 Å². The molecule has 3 aromatic rings. The molecule has 1 N–H and O–H groups in total. The van der Waals surface area contributed by atoms with Gasteiger partial charge in [0.05, 0.1) is 24.3 Å². The molecular formula is C16H17N3. The van der Waals surface area contributed by atoms with Crippen LogP contribution in [0.4, 0.5) is 0 Å². The van der Waals surface area contributed by atoms with Gasteiger partial charge in [0.15, 0.2) is 0 Å². The van der Waals surface area contributed by atoms with E-state index in [1.54, 1.807) is 0 Å². The Labute approximate surface area is 112 Å². The van der Waals surface area contributed by atoms with E-state index < -0.39 is 0 Å². The minimum absolute atomic E-state index is 0.151. The average Bonchev–Trinajstić information content (AvgIpc) is 2.86. The third kappa shape index (κ3) is 2.02. The molecule has 1 aromatic heterocycles. The number of hydrogen-bond acceptors (Lipinski definition) is 2. The summed E-state index contributed by atoms with van der Waals surface area (Å²) in [6, 6.07) is 15.1. The molecule has 0 amide bonds. The van der Waals surface area contributed by atoms with E-state index in [0.29, 0.717) is 0 Å². The monoisotopic (exact) mass is 251 g/mol. The van der Waals surface area contributed by atoms with E-state index in [-0.39, 0.29) is 6.04 Å². The summed E-state index contributed by atoms with van der Waals surface area (Å²) in [5, 5.41) is 5.94. The second-order valence-corrected chi connectivity index (χ2v) is 4.72. The number of hydrogen-bond donors (Lipinski definition) is 1. The molecule has 1 heterocycles. The van der Waals surface area contributed by atoms with Crippen LogP contribution in [0.1, 0.15) is 17.3 Å². The summed E-state index contributed by atoms with van der Waals surface area (Å²) in [7, 11) is 4.01. The van der Waals surface area contributed by atoms with Crippen molar-refractivity contribution in [1.29, 1.82) is 0 Å². The molecule has 1 atom stereocenters. The number of aryl methyl sites for hydroxylation is 1. The molecule has 3 heteroatoms.